The van der Waals surface area contributed by atoms with Crippen LogP contribution in [0.1, 0.15) is 39.0 Å². The Morgan fingerprint density at radius 1 is 1.35 bits per heavy atom. The maximum absolute atomic E-state index is 11.5. The summed E-state index contributed by atoms with van der Waals surface area (Å²) >= 11 is 0. The van der Waals surface area contributed by atoms with Crippen molar-refractivity contribution in [2.24, 2.45) is 0 Å². The van der Waals surface area contributed by atoms with Gasteiger partial charge in [0.25, 0.3) is 0 Å². The van der Waals surface area contributed by atoms with E-state index in [4.69, 9.17) is 10.2 Å². The van der Waals surface area contributed by atoms with E-state index in [-0.39, 0.29) is 24.5 Å². The first-order valence-corrected chi connectivity index (χ1v) is 5.90. The summed E-state index contributed by atoms with van der Waals surface area (Å²) in [7, 11) is 0. The maximum atomic E-state index is 11.5. The van der Waals surface area contributed by atoms with Crippen molar-refractivity contribution in [2.75, 3.05) is 6.54 Å². The molecular formula is C11H20N2O4. The molecule has 0 aliphatic heterocycles. The van der Waals surface area contributed by atoms with Crippen molar-refractivity contribution in [3.05, 3.63) is 0 Å². The lowest BCUT2D eigenvalue weighted by molar-refractivity contribution is -0.146. The number of carboxylic acid groups (broad SMARTS) is 1. The van der Waals surface area contributed by atoms with E-state index >= 15 is 0 Å². The average molecular weight is 244 g/mol. The first-order valence-electron chi connectivity index (χ1n) is 5.90. The number of carbonyl (C=O) groups is 2. The highest BCUT2D eigenvalue weighted by atomic mass is 16.4. The van der Waals surface area contributed by atoms with Crippen LogP contribution in [0.2, 0.25) is 0 Å². The van der Waals surface area contributed by atoms with Gasteiger partial charge < -0.3 is 20.8 Å². The summed E-state index contributed by atoms with van der Waals surface area (Å²) in [6.07, 6.45) is 2.77. The Hall–Kier alpha value is -1.30. The van der Waals surface area contributed by atoms with E-state index in [1.165, 1.54) is 0 Å². The molecule has 0 aromatic heterocycles. The molecule has 1 aliphatic carbocycles. The lowest BCUT2D eigenvalue weighted by atomic mass is 10.0. The van der Waals surface area contributed by atoms with Crippen LogP contribution in [-0.2, 0) is 4.79 Å². The van der Waals surface area contributed by atoms with Gasteiger partial charge >= 0.3 is 12.0 Å². The molecule has 1 unspecified atom stereocenters. The van der Waals surface area contributed by atoms with Gasteiger partial charge in [-0.3, -0.25) is 0 Å². The Kier molecular flexibility index (Phi) is 4.74. The fourth-order valence-corrected chi connectivity index (χ4v) is 2.04. The maximum Gasteiger partial charge on any atom is 0.332 e. The van der Waals surface area contributed by atoms with E-state index in [1.54, 1.807) is 0 Å². The van der Waals surface area contributed by atoms with Crippen LogP contribution in [-0.4, -0.2) is 40.4 Å². The van der Waals surface area contributed by atoms with Crippen LogP contribution < -0.4 is 10.6 Å². The molecule has 1 aliphatic rings. The third kappa shape index (κ3) is 4.60. The van der Waals surface area contributed by atoms with Gasteiger partial charge in [-0.1, -0.05) is 12.8 Å². The van der Waals surface area contributed by atoms with Gasteiger partial charge in [0.05, 0.1) is 0 Å². The van der Waals surface area contributed by atoms with Gasteiger partial charge in [0.15, 0.2) is 6.10 Å². The van der Waals surface area contributed by atoms with Crippen LogP contribution in [0.15, 0.2) is 0 Å². The number of aliphatic carboxylic acids is 1. The zero-order chi connectivity index (χ0) is 12.9. The minimum absolute atomic E-state index is 0.0134. The predicted molar refractivity (Wildman–Crippen MR) is 61.7 cm³/mol. The van der Waals surface area contributed by atoms with E-state index < -0.39 is 12.1 Å². The lowest BCUT2D eigenvalue weighted by Gasteiger charge is -2.25. The average Bonchev–Trinajstić information content (AvgIpc) is 2.64. The van der Waals surface area contributed by atoms with Crippen molar-refractivity contribution in [1.29, 1.82) is 0 Å². The summed E-state index contributed by atoms with van der Waals surface area (Å²) in [6.45, 7) is 2.15. The fourth-order valence-electron chi connectivity index (χ4n) is 2.04. The van der Waals surface area contributed by atoms with Crippen molar-refractivity contribution in [1.82, 2.24) is 10.6 Å². The lowest BCUT2D eigenvalue weighted by Crippen LogP contribution is -2.49. The van der Waals surface area contributed by atoms with E-state index in [9.17, 15) is 9.59 Å². The second-order valence-electron chi connectivity index (χ2n) is 4.79. The molecule has 1 saturated carbocycles. The molecule has 4 N–H and O–H groups in total. The molecule has 98 valence electrons. The Labute approximate surface area is 100 Å². The monoisotopic (exact) mass is 244 g/mol. The molecule has 17 heavy (non-hydrogen) atoms. The summed E-state index contributed by atoms with van der Waals surface area (Å²) in [5.74, 6) is -1.27. The SMILES string of the molecule is CC1(NC(=O)NCCC(O)C(=O)O)CCCC1. The predicted octanol–water partition coefficient (Wildman–Crippen LogP) is 0.454. The summed E-state index contributed by atoms with van der Waals surface area (Å²) in [6, 6.07) is -0.299. The summed E-state index contributed by atoms with van der Waals surface area (Å²) < 4.78 is 0. The number of amides is 2. The minimum Gasteiger partial charge on any atom is -0.479 e. The Balaban J connectivity index is 2.19. The van der Waals surface area contributed by atoms with Crippen LogP contribution in [0, 0.1) is 0 Å². The number of hydrogen-bond acceptors (Lipinski definition) is 3. The second-order valence-corrected chi connectivity index (χ2v) is 4.79. The Morgan fingerprint density at radius 2 is 1.94 bits per heavy atom. The molecule has 6 nitrogen and oxygen atoms in total. The summed E-state index contributed by atoms with van der Waals surface area (Å²) in [5, 5.41) is 22.9. The zero-order valence-electron chi connectivity index (χ0n) is 10.0. The van der Waals surface area contributed by atoms with Crippen LogP contribution in [0.3, 0.4) is 0 Å². The van der Waals surface area contributed by atoms with Crippen LogP contribution in [0.5, 0.6) is 0 Å². The highest BCUT2D eigenvalue weighted by Crippen LogP contribution is 2.28. The van der Waals surface area contributed by atoms with Crippen LogP contribution in [0.4, 0.5) is 4.79 Å². The smallest absolute Gasteiger partial charge is 0.332 e. The van der Waals surface area contributed by atoms with Crippen molar-refractivity contribution in [3.8, 4) is 0 Å². The molecule has 0 spiro atoms. The van der Waals surface area contributed by atoms with Crippen LogP contribution in [0.25, 0.3) is 0 Å². The second kappa shape index (κ2) is 5.86. The topological polar surface area (TPSA) is 98.7 Å². The molecule has 0 saturated heterocycles. The van der Waals surface area contributed by atoms with Crippen molar-refractivity contribution in [2.45, 2.75) is 50.7 Å². The van der Waals surface area contributed by atoms with Gasteiger partial charge in [0, 0.05) is 18.5 Å². The number of aliphatic hydroxyl groups excluding tert-OH is 1. The third-order valence-corrected chi connectivity index (χ3v) is 3.11. The quantitative estimate of drug-likeness (QED) is 0.564. The molecule has 0 aromatic rings. The molecule has 0 heterocycles. The van der Waals surface area contributed by atoms with Gasteiger partial charge in [-0.25, -0.2) is 9.59 Å². The number of rotatable bonds is 5. The van der Waals surface area contributed by atoms with Crippen molar-refractivity contribution in [3.63, 3.8) is 0 Å². The highest BCUT2D eigenvalue weighted by Gasteiger charge is 2.29. The number of carboxylic acids is 1. The molecule has 2 amide bonds. The standard InChI is InChI=1S/C11H20N2O4/c1-11(5-2-3-6-11)13-10(17)12-7-4-8(14)9(15)16/h8,14H,2-7H2,1H3,(H,15,16)(H2,12,13,17). The highest BCUT2D eigenvalue weighted by molar-refractivity contribution is 5.75. The normalized spacial score (nSPS) is 19.6. The van der Waals surface area contributed by atoms with Gasteiger partial charge in [-0.15, -0.1) is 0 Å². The number of hydrogen-bond donors (Lipinski definition) is 4. The van der Waals surface area contributed by atoms with E-state index in [1.807, 2.05) is 6.92 Å². The third-order valence-electron chi connectivity index (χ3n) is 3.11. The molecule has 1 fully saturated rings. The number of aliphatic hydroxyl groups is 1. The van der Waals surface area contributed by atoms with Crippen molar-refractivity contribution >= 4 is 12.0 Å². The molecule has 0 aromatic carbocycles. The fraction of sp³-hybridized carbons (Fsp3) is 0.818. The molecule has 0 bridgehead atoms. The number of urea groups is 1. The summed E-state index contributed by atoms with van der Waals surface area (Å²) in [5.41, 5.74) is -0.143. The van der Waals surface area contributed by atoms with Gasteiger partial charge in [-0.05, 0) is 19.8 Å². The molecule has 0 radical (unpaired) electrons. The Morgan fingerprint density at radius 3 is 2.47 bits per heavy atom. The molecular weight excluding hydrogens is 224 g/mol. The molecule has 6 heteroatoms. The zero-order valence-corrected chi connectivity index (χ0v) is 10.0. The van der Waals surface area contributed by atoms with E-state index in [2.05, 4.69) is 10.6 Å². The van der Waals surface area contributed by atoms with E-state index in [0.29, 0.717) is 0 Å². The first kappa shape index (κ1) is 13.8. The van der Waals surface area contributed by atoms with Gasteiger partial charge in [-0.2, -0.15) is 0 Å². The largest absolute Gasteiger partial charge is 0.479 e. The van der Waals surface area contributed by atoms with E-state index in [0.717, 1.165) is 25.7 Å². The summed E-state index contributed by atoms with van der Waals surface area (Å²) in [4.78, 5) is 21.8. The minimum atomic E-state index is -1.42. The first-order chi connectivity index (χ1) is 7.93. The van der Waals surface area contributed by atoms with Gasteiger partial charge in [0.1, 0.15) is 0 Å². The van der Waals surface area contributed by atoms with Crippen LogP contribution >= 0.6 is 0 Å². The number of nitrogens with one attached hydrogen (secondary N) is 2. The number of carbonyl (C=O) groups excluding carboxylic acids is 1. The molecule has 1 rings (SSSR count). The molecule has 1 atom stereocenters. The van der Waals surface area contributed by atoms with Gasteiger partial charge in [0.2, 0.25) is 0 Å². The van der Waals surface area contributed by atoms with Crippen molar-refractivity contribution < 1.29 is 19.8 Å². The Bertz CT molecular complexity index is 287.